The highest BCUT2D eigenvalue weighted by atomic mass is 15.2. The number of aromatic nitrogens is 2. The molecule has 0 atom stereocenters. The second-order valence-corrected chi connectivity index (χ2v) is 8.12. The second-order valence-electron chi connectivity index (χ2n) is 8.12. The Bertz CT molecular complexity index is 1240. The third-order valence-electron chi connectivity index (χ3n) is 6.09. The Balaban J connectivity index is 1.52. The van der Waals surface area contributed by atoms with Crippen molar-refractivity contribution in [1.29, 1.82) is 5.41 Å². The topological polar surface area (TPSA) is 85.0 Å². The Kier molecular flexibility index (Phi) is 4.92. The number of nitrogen functional groups attached to an aromatic ring is 1. The Hall–Kier alpha value is -3.64. The number of fused-ring (bicyclic) bond motifs is 1. The lowest BCUT2D eigenvalue weighted by Gasteiger charge is -2.34. The first-order chi connectivity index (χ1) is 15.1. The van der Waals surface area contributed by atoms with Crippen molar-refractivity contribution in [2.24, 2.45) is 0 Å². The van der Waals surface area contributed by atoms with Crippen LogP contribution in [0.2, 0.25) is 0 Å². The van der Waals surface area contributed by atoms with Gasteiger partial charge in [-0.1, -0.05) is 12.1 Å². The summed E-state index contributed by atoms with van der Waals surface area (Å²) in [6.45, 7) is 4.13. The summed E-state index contributed by atoms with van der Waals surface area (Å²) >= 11 is 0. The van der Waals surface area contributed by atoms with Crippen LogP contribution in [0.25, 0.3) is 22.0 Å². The molecule has 3 heterocycles. The molecule has 4 aromatic rings. The number of H-pyrrole nitrogens is 1. The minimum atomic E-state index is 0.397. The summed E-state index contributed by atoms with van der Waals surface area (Å²) in [7, 11) is 2.16. The summed E-state index contributed by atoms with van der Waals surface area (Å²) in [5.74, 6) is 0. The zero-order valence-corrected chi connectivity index (χ0v) is 17.6. The quantitative estimate of drug-likeness (QED) is 0.351. The average molecular weight is 411 g/mol. The lowest BCUT2D eigenvalue weighted by Crippen LogP contribution is -2.44. The molecule has 2 aromatic carbocycles. The number of hydrogen-bond acceptors (Lipinski definition) is 5. The number of likely N-dealkylation sites (N-methyl/N-ethyl adjacent to an activating group) is 1. The third kappa shape index (κ3) is 3.66. The molecule has 0 aliphatic carbocycles. The average Bonchev–Trinajstić information content (AvgIpc) is 3.25. The first-order valence-corrected chi connectivity index (χ1v) is 10.5. The molecule has 0 amide bonds. The normalized spacial score (nSPS) is 14.8. The van der Waals surface area contributed by atoms with Crippen LogP contribution >= 0.6 is 0 Å². The van der Waals surface area contributed by atoms with Crippen molar-refractivity contribution in [3.8, 4) is 11.1 Å². The summed E-state index contributed by atoms with van der Waals surface area (Å²) in [5, 5.41) is 10.0. The summed E-state index contributed by atoms with van der Waals surface area (Å²) in [4.78, 5) is 12.3. The van der Waals surface area contributed by atoms with Crippen LogP contribution in [0.4, 0.5) is 11.4 Å². The van der Waals surface area contributed by atoms with E-state index in [9.17, 15) is 0 Å². The van der Waals surface area contributed by atoms with Crippen molar-refractivity contribution < 1.29 is 0 Å². The fourth-order valence-electron chi connectivity index (χ4n) is 4.24. The van der Waals surface area contributed by atoms with Crippen LogP contribution in [0.1, 0.15) is 11.3 Å². The molecule has 6 heteroatoms. The lowest BCUT2D eigenvalue weighted by molar-refractivity contribution is 0.313. The number of nitrogens with zero attached hydrogens (tertiary/aromatic N) is 3. The van der Waals surface area contributed by atoms with E-state index in [1.54, 1.807) is 12.4 Å². The van der Waals surface area contributed by atoms with Crippen LogP contribution in [0, 0.1) is 5.41 Å². The van der Waals surface area contributed by atoms with Gasteiger partial charge in [0.1, 0.15) is 0 Å². The number of nitrogens with two attached hydrogens (primary N) is 1. The monoisotopic (exact) mass is 410 g/mol. The van der Waals surface area contributed by atoms with Gasteiger partial charge >= 0.3 is 0 Å². The van der Waals surface area contributed by atoms with Gasteiger partial charge in [0.15, 0.2) is 0 Å². The van der Waals surface area contributed by atoms with Gasteiger partial charge in [0.05, 0.1) is 11.4 Å². The van der Waals surface area contributed by atoms with Crippen LogP contribution in [0.3, 0.4) is 0 Å². The van der Waals surface area contributed by atoms with Gasteiger partial charge in [-0.25, -0.2) is 0 Å². The molecule has 1 aliphatic rings. The maximum absolute atomic E-state index is 8.90. The molecule has 5 rings (SSSR count). The van der Waals surface area contributed by atoms with E-state index in [4.69, 9.17) is 11.1 Å². The second kappa shape index (κ2) is 7.89. The molecular weight excluding hydrogens is 384 g/mol. The largest absolute Gasteiger partial charge is 0.398 e. The standard InChI is InChI=1S/C25H26N6/c1-30-11-13-31(14-12-30)24-4-2-3-22-20(24)16-23(29-22)25(27)19-15-18(5-6-21(19)26)17-7-9-28-10-8-17/h2-10,15-16,27,29H,11-14,26H2,1H3. The number of hydrogen-bond donors (Lipinski definition) is 3. The Morgan fingerprint density at radius 3 is 2.52 bits per heavy atom. The van der Waals surface area contributed by atoms with Gasteiger partial charge in [-0.15, -0.1) is 0 Å². The molecule has 4 N–H and O–H groups in total. The number of aromatic amines is 1. The fraction of sp³-hybridized carbons (Fsp3) is 0.200. The summed E-state index contributed by atoms with van der Waals surface area (Å²) < 4.78 is 0. The molecule has 0 radical (unpaired) electrons. The summed E-state index contributed by atoms with van der Waals surface area (Å²) in [5.41, 5.74) is 13.1. The molecule has 31 heavy (non-hydrogen) atoms. The third-order valence-corrected chi connectivity index (χ3v) is 6.09. The zero-order valence-electron chi connectivity index (χ0n) is 17.6. The number of rotatable bonds is 4. The Morgan fingerprint density at radius 2 is 1.74 bits per heavy atom. The van der Waals surface area contributed by atoms with Crippen LogP contribution in [0.15, 0.2) is 67.0 Å². The molecule has 0 unspecified atom stereocenters. The van der Waals surface area contributed by atoms with E-state index in [-0.39, 0.29) is 0 Å². The number of anilines is 2. The molecular formula is C25H26N6. The van der Waals surface area contributed by atoms with Crippen LogP contribution in [-0.4, -0.2) is 53.8 Å². The minimum Gasteiger partial charge on any atom is -0.398 e. The van der Waals surface area contributed by atoms with E-state index in [0.29, 0.717) is 11.4 Å². The predicted molar refractivity (Wildman–Crippen MR) is 128 cm³/mol. The SMILES string of the molecule is CN1CCN(c2cccc3[nH]c(C(=N)c4cc(-c5ccncc5)ccc4N)cc23)CC1. The van der Waals surface area contributed by atoms with Gasteiger partial charge in [-0.2, -0.15) is 0 Å². The van der Waals surface area contributed by atoms with Crippen LogP contribution in [-0.2, 0) is 0 Å². The Labute approximate surface area is 181 Å². The van der Waals surface area contributed by atoms with Crippen molar-refractivity contribution in [3.63, 3.8) is 0 Å². The highest BCUT2D eigenvalue weighted by molar-refractivity contribution is 6.15. The smallest absolute Gasteiger partial charge is 0.0868 e. The number of nitrogens with one attached hydrogen (secondary N) is 2. The Morgan fingerprint density at radius 1 is 0.968 bits per heavy atom. The lowest BCUT2D eigenvalue weighted by atomic mass is 9.99. The van der Waals surface area contributed by atoms with E-state index in [2.05, 4.69) is 51.1 Å². The maximum Gasteiger partial charge on any atom is 0.0868 e. The molecule has 6 nitrogen and oxygen atoms in total. The molecule has 156 valence electrons. The van der Waals surface area contributed by atoms with Crippen molar-refractivity contribution in [2.75, 3.05) is 43.9 Å². The molecule has 2 aromatic heterocycles. The summed E-state index contributed by atoms with van der Waals surface area (Å²) in [6, 6.07) is 18.2. The molecule has 1 saturated heterocycles. The maximum atomic E-state index is 8.90. The van der Waals surface area contributed by atoms with E-state index >= 15 is 0 Å². The van der Waals surface area contributed by atoms with E-state index in [0.717, 1.165) is 59.5 Å². The van der Waals surface area contributed by atoms with Crippen molar-refractivity contribution >= 4 is 28.0 Å². The van der Waals surface area contributed by atoms with Gasteiger partial charge in [0, 0.05) is 66.4 Å². The van der Waals surface area contributed by atoms with Gasteiger partial charge in [0.25, 0.3) is 0 Å². The van der Waals surface area contributed by atoms with Crippen molar-refractivity contribution in [2.45, 2.75) is 0 Å². The van der Waals surface area contributed by atoms with Crippen molar-refractivity contribution in [3.05, 3.63) is 78.2 Å². The number of benzene rings is 2. The first-order valence-electron chi connectivity index (χ1n) is 10.5. The van der Waals surface area contributed by atoms with E-state index < -0.39 is 0 Å². The predicted octanol–water partition coefficient (Wildman–Crippen LogP) is 3.98. The fourth-order valence-corrected chi connectivity index (χ4v) is 4.24. The highest BCUT2D eigenvalue weighted by Crippen LogP contribution is 2.31. The minimum absolute atomic E-state index is 0.397. The van der Waals surface area contributed by atoms with Gasteiger partial charge in [0.2, 0.25) is 0 Å². The molecule has 0 saturated carbocycles. The van der Waals surface area contributed by atoms with Gasteiger partial charge < -0.3 is 20.5 Å². The van der Waals surface area contributed by atoms with Gasteiger partial charge in [-0.05, 0) is 60.6 Å². The van der Waals surface area contributed by atoms with E-state index in [1.165, 1.54) is 5.69 Å². The van der Waals surface area contributed by atoms with Crippen molar-refractivity contribution in [1.82, 2.24) is 14.9 Å². The van der Waals surface area contributed by atoms with Gasteiger partial charge in [-0.3, -0.25) is 10.4 Å². The number of pyridine rings is 1. The molecule has 1 aliphatic heterocycles. The van der Waals surface area contributed by atoms with E-state index in [1.807, 2.05) is 30.3 Å². The highest BCUT2D eigenvalue weighted by Gasteiger charge is 2.19. The molecule has 0 bridgehead atoms. The first kappa shape index (κ1) is 19.3. The van der Waals surface area contributed by atoms with Crippen LogP contribution in [0.5, 0.6) is 0 Å². The zero-order chi connectivity index (χ0) is 21.4. The summed E-state index contributed by atoms with van der Waals surface area (Å²) in [6.07, 6.45) is 3.54. The number of piperazine rings is 1. The molecule has 1 fully saturated rings. The van der Waals surface area contributed by atoms with Crippen LogP contribution < -0.4 is 10.6 Å². The molecule has 0 spiro atoms.